The lowest BCUT2D eigenvalue weighted by atomic mass is 10.2. The van der Waals surface area contributed by atoms with Gasteiger partial charge in [0.1, 0.15) is 5.82 Å². The predicted octanol–water partition coefficient (Wildman–Crippen LogP) is 2.60. The highest BCUT2D eigenvalue weighted by atomic mass is 32.2. The van der Waals surface area contributed by atoms with Gasteiger partial charge in [0.25, 0.3) is 5.56 Å². The van der Waals surface area contributed by atoms with Crippen molar-refractivity contribution in [3.8, 4) is 0 Å². The van der Waals surface area contributed by atoms with Crippen molar-refractivity contribution in [2.45, 2.75) is 37.1 Å². The summed E-state index contributed by atoms with van der Waals surface area (Å²) >= 11 is 0. The molecule has 1 saturated heterocycles. The molecular formula is C18H21FN2O3S. The molecule has 25 heavy (non-hydrogen) atoms. The van der Waals surface area contributed by atoms with Gasteiger partial charge in [-0.1, -0.05) is 31.0 Å². The second-order valence-electron chi connectivity index (χ2n) is 6.24. The fourth-order valence-electron chi connectivity index (χ4n) is 3.03. The smallest absolute Gasteiger partial charge is 0.250 e. The normalized spacial score (nSPS) is 16.5. The van der Waals surface area contributed by atoms with E-state index >= 15 is 0 Å². The van der Waals surface area contributed by atoms with Crippen LogP contribution in [0.15, 0.2) is 52.3 Å². The van der Waals surface area contributed by atoms with Crippen LogP contribution < -0.4 is 5.56 Å². The quantitative estimate of drug-likeness (QED) is 0.838. The lowest BCUT2D eigenvalue weighted by molar-refractivity contribution is 0.423. The van der Waals surface area contributed by atoms with Gasteiger partial charge in [-0.3, -0.25) is 4.79 Å². The molecule has 1 aliphatic heterocycles. The van der Waals surface area contributed by atoms with E-state index in [4.69, 9.17) is 0 Å². The Balaban J connectivity index is 1.93. The average Bonchev–Trinajstić information content (AvgIpc) is 2.88. The van der Waals surface area contributed by atoms with Gasteiger partial charge in [-0.05, 0) is 25.0 Å². The summed E-state index contributed by atoms with van der Waals surface area (Å²) in [6, 6.07) is 8.71. The van der Waals surface area contributed by atoms with Crippen molar-refractivity contribution in [3.63, 3.8) is 0 Å². The number of hydrogen-bond acceptors (Lipinski definition) is 3. The van der Waals surface area contributed by atoms with Crippen LogP contribution in [0.3, 0.4) is 0 Å². The molecule has 0 saturated carbocycles. The summed E-state index contributed by atoms with van der Waals surface area (Å²) in [6.07, 6.45) is 5.05. The van der Waals surface area contributed by atoms with Crippen LogP contribution in [0, 0.1) is 5.82 Å². The lowest BCUT2D eigenvalue weighted by Gasteiger charge is -2.20. The van der Waals surface area contributed by atoms with E-state index in [1.807, 2.05) is 0 Å². The molecule has 0 radical (unpaired) electrons. The van der Waals surface area contributed by atoms with E-state index in [9.17, 15) is 17.6 Å². The Morgan fingerprint density at radius 3 is 2.32 bits per heavy atom. The minimum atomic E-state index is -3.65. The second kappa shape index (κ2) is 7.49. The van der Waals surface area contributed by atoms with Crippen LogP contribution in [0.2, 0.25) is 0 Å². The zero-order chi connectivity index (χ0) is 17.9. The Morgan fingerprint density at radius 2 is 1.64 bits per heavy atom. The van der Waals surface area contributed by atoms with Crippen molar-refractivity contribution in [2.24, 2.45) is 0 Å². The monoisotopic (exact) mass is 364 g/mol. The molecule has 0 aliphatic carbocycles. The Morgan fingerprint density at radius 1 is 0.960 bits per heavy atom. The van der Waals surface area contributed by atoms with Crippen molar-refractivity contribution in [1.29, 1.82) is 0 Å². The molecule has 0 amide bonds. The Labute approximate surface area is 146 Å². The number of nitrogens with zero attached hydrogens (tertiary/aromatic N) is 2. The third-order valence-corrected chi connectivity index (χ3v) is 6.34. The highest BCUT2D eigenvalue weighted by molar-refractivity contribution is 7.89. The van der Waals surface area contributed by atoms with Gasteiger partial charge in [-0.15, -0.1) is 0 Å². The summed E-state index contributed by atoms with van der Waals surface area (Å²) in [5.74, 6) is -0.421. The maximum atomic E-state index is 13.8. The van der Waals surface area contributed by atoms with Crippen molar-refractivity contribution in [3.05, 3.63) is 64.3 Å². The molecule has 5 nitrogen and oxygen atoms in total. The fourth-order valence-corrected chi connectivity index (χ4v) is 4.56. The van der Waals surface area contributed by atoms with Gasteiger partial charge < -0.3 is 4.57 Å². The van der Waals surface area contributed by atoms with Crippen LogP contribution in [0.1, 0.15) is 31.2 Å². The fraction of sp³-hybridized carbons (Fsp3) is 0.389. The first-order valence-electron chi connectivity index (χ1n) is 8.42. The highest BCUT2D eigenvalue weighted by Crippen LogP contribution is 2.19. The molecule has 0 spiro atoms. The average molecular weight is 364 g/mol. The van der Waals surface area contributed by atoms with Crippen molar-refractivity contribution >= 4 is 10.0 Å². The molecule has 0 N–H and O–H groups in total. The number of pyridine rings is 1. The number of halogens is 1. The largest absolute Gasteiger partial charge is 0.310 e. The van der Waals surface area contributed by atoms with Crippen LogP contribution in [-0.4, -0.2) is 30.4 Å². The third kappa shape index (κ3) is 3.99. The second-order valence-corrected chi connectivity index (χ2v) is 8.18. The highest BCUT2D eigenvalue weighted by Gasteiger charge is 2.25. The van der Waals surface area contributed by atoms with E-state index in [2.05, 4.69) is 0 Å². The number of sulfonamides is 1. The number of benzene rings is 1. The lowest BCUT2D eigenvalue weighted by Crippen LogP contribution is -2.33. The minimum absolute atomic E-state index is 0.00509. The predicted molar refractivity (Wildman–Crippen MR) is 93.4 cm³/mol. The van der Waals surface area contributed by atoms with Gasteiger partial charge in [0, 0.05) is 30.9 Å². The van der Waals surface area contributed by atoms with Gasteiger partial charge in [-0.2, -0.15) is 4.31 Å². The summed E-state index contributed by atoms with van der Waals surface area (Å²) in [6.45, 7) is 0.985. The maximum Gasteiger partial charge on any atom is 0.250 e. The van der Waals surface area contributed by atoms with Crippen LogP contribution in [0.4, 0.5) is 4.39 Å². The summed E-state index contributed by atoms with van der Waals surface area (Å²) in [5, 5.41) is 0. The van der Waals surface area contributed by atoms with Gasteiger partial charge in [-0.25, -0.2) is 12.8 Å². The maximum absolute atomic E-state index is 13.8. The first-order valence-corrected chi connectivity index (χ1v) is 9.86. The molecular weight excluding hydrogens is 343 g/mol. The van der Waals surface area contributed by atoms with Gasteiger partial charge in [0.05, 0.1) is 11.4 Å². The van der Waals surface area contributed by atoms with Crippen molar-refractivity contribution in [2.75, 3.05) is 13.1 Å². The Bertz CT molecular complexity index is 901. The van der Waals surface area contributed by atoms with Crippen LogP contribution in [0.25, 0.3) is 0 Å². The van der Waals surface area contributed by atoms with Gasteiger partial charge >= 0.3 is 0 Å². The van der Waals surface area contributed by atoms with Crippen molar-refractivity contribution in [1.82, 2.24) is 8.87 Å². The summed E-state index contributed by atoms with van der Waals surface area (Å²) in [4.78, 5) is 12.2. The van der Waals surface area contributed by atoms with Gasteiger partial charge in [0.15, 0.2) is 0 Å². The molecule has 1 fully saturated rings. The molecule has 7 heteroatoms. The Hall–Kier alpha value is -1.99. The van der Waals surface area contributed by atoms with E-state index in [1.54, 1.807) is 18.2 Å². The third-order valence-electron chi connectivity index (χ3n) is 4.46. The first kappa shape index (κ1) is 17.8. The SMILES string of the molecule is O=c1ccc(S(=O)(=O)N2CCCCCC2)cn1Cc1ccccc1F. The molecule has 1 aromatic carbocycles. The van der Waals surface area contributed by atoms with Crippen LogP contribution in [-0.2, 0) is 16.6 Å². The van der Waals surface area contributed by atoms with Crippen molar-refractivity contribution < 1.29 is 12.8 Å². The van der Waals surface area contributed by atoms with Crippen LogP contribution in [0.5, 0.6) is 0 Å². The molecule has 0 unspecified atom stereocenters. The topological polar surface area (TPSA) is 59.4 Å². The molecule has 3 rings (SSSR count). The summed E-state index contributed by atoms with van der Waals surface area (Å²) in [7, 11) is -3.65. The zero-order valence-electron chi connectivity index (χ0n) is 13.9. The molecule has 1 aliphatic rings. The standard InChI is InChI=1S/C18H21FN2O3S/c19-17-8-4-3-7-15(17)13-20-14-16(9-10-18(20)22)25(23,24)21-11-5-1-2-6-12-21/h3-4,7-10,14H,1-2,5-6,11-13H2. The van der Waals surface area contributed by atoms with E-state index in [0.29, 0.717) is 18.7 Å². The summed E-state index contributed by atoms with van der Waals surface area (Å²) in [5.41, 5.74) is -0.0213. The summed E-state index contributed by atoms with van der Waals surface area (Å²) < 4.78 is 42.3. The molecule has 2 aromatic rings. The molecule has 2 heterocycles. The molecule has 1 aromatic heterocycles. The van der Waals surface area contributed by atoms with E-state index in [1.165, 1.54) is 33.3 Å². The minimum Gasteiger partial charge on any atom is -0.310 e. The molecule has 0 atom stereocenters. The molecule has 134 valence electrons. The Kier molecular flexibility index (Phi) is 5.34. The van der Waals surface area contributed by atoms with Gasteiger partial charge in [0.2, 0.25) is 10.0 Å². The molecule has 0 bridgehead atoms. The van der Waals surface area contributed by atoms with E-state index in [0.717, 1.165) is 25.7 Å². The number of aromatic nitrogens is 1. The first-order chi connectivity index (χ1) is 12.0. The number of rotatable bonds is 4. The van der Waals surface area contributed by atoms with E-state index in [-0.39, 0.29) is 17.0 Å². The van der Waals surface area contributed by atoms with E-state index < -0.39 is 15.8 Å². The number of hydrogen-bond donors (Lipinski definition) is 0. The van der Waals surface area contributed by atoms with Crippen LogP contribution >= 0.6 is 0 Å². The zero-order valence-corrected chi connectivity index (χ0v) is 14.7.